The topological polar surface area (TPSA) is 66.9 Å². The molecule has 1 aliphatic rings. The first-order valence-electron chi connectivity index (χ1n) is 6.31. The van der Waals surface area contributed by atoms with Crippen molar-refractivity contribution in [3.63, 3.8) is 0 Å². The van der Waals surface area contributed by atoms with Gasteiger partial charge < -0.3 is 10.3 Å². The van der Waals surface area contributed by atoms with E-state index in [9.17, 15) is 14.0 Å². The van der Waals surface area contributed by atoms with E-state index in [0.717, 1.165) is 19.4 Å². The molecule has 1 atom stereocenters. The molecule has 1 saturated heterocycles. The lowest BCUT2D eigenvalue weighted by molar-refractivity contribution is 0.355. The van der Waals surface area contributed by atoms with Crippen LogP contribution in [-0.2, 0) is 0 Å². The zero-order valence-electron chi connectivity index (χ0n) is 10.3. The average molecular weight is 263 g/mol. The zero-order chi connectivity index (χ0) is 13.4. The van der Waals surface area contributed by atoms with Crippen LogP contribution in [-0.4, -0.2) is 22.6 Å². The highest BCUT2D eigenvalue weighted by molar-refractivity contribution is 5.77. The van der Waals surface area contributed by atoms with Crippen molar-refractivity contribution < 1.29 is 4.39 Å². The Labute approximate surface area is 108 Å². The van der Waals surface area contributed by atoms with Crippen molar-refractivity contribution in [2.45, 2.75) is 18.9 Å². The average Bonchev–Trinajstić information content (AvgIpc) is 2.39. The van der Waals surface area contributed by atoms with Gasteiger partial charge in [0.25, 0.3) is 5.56 Å². The van der Waals surface area contributed by atoms with Crippen LogP contribution in [0, 0.1) is 5.82 Å². The summed E-state index contributed by atoms with van der Waals surface area (Å²) >= 11 is 0. The van der Waals surface area contributed by atoms with E-state index in [1.54, 1.807) is 0 Å². The third kappa shape index (κ3) is 2.08. The third-order valence-corrected chi connectivity index (χ3v) is 3.53. The number of H-pyrrole nitrogens is 1. The van der Waals surface area contributed by atoms with Crippen LogP contribution in [0.1, 0.15) is 18.9 Å². The smallest absolute Gasteiger partial charge is 0.315 e. The van der Waals surface area contributed by atoms with Gasteiger partial charge in [-0.1, -0.05) is 0 Å². The number of aromatic nitrogens is 2. The highest BCUT2D eigenvalue weighted by Crippen LogP contribution is 2.14. The van der Waals surface area contributed by atoms with E-state index in [4.69, 9.17) is 0 Å². The van der Waals surface area contributed by atoms with E-state index in [1.165, 1.54) is 22.8 Å². The van der Waals surface area contributed by atoms with E-state index in [1.807, 2.05) is 0 Å². The van der Waals surface area contributed by atoms with Gasteiger partial charge in [-0.3, -0.25) is 9.36 Å². The first kappa shape index (κ1) is 12.1. The monoisotopic (exact) mass is 263 g/mol. The van der Waals surface area contributed by atoms with E-state index in [2.05, 4.69) is 10.3 Å². The van der Waals surface area contributed by atoms with Crippen LogP contribution >= 0.6 is 0 Å². The Morgan fingerprint density at radius 1 is 1.32 bits per heavy atom. The van der Waals surface area contributed by atoms with Gasteiger partial charge in [0.2, 0.25) is 0 Å². The molecule has 5 nitrogen and oxygen atoms in total. The van der Waals surface area contributed by atoms with Gasteiger partial charge in [-0.25, -0.2) is 9.18 Å². The Morgan fingerprint density at radius 3 is 2.89 bits per heavy atom. The van der Waals surface area contributed by atoms with E-state index >= 15 is 0 Å². The lowest BCUT2D eigenvalue weighted by atomic mass is 10.1. The molecule has 1 aliphatic heterocycles. The lowest BCUT2D eigenvalue weighted by Crippen LogP contribution is -2.43. The number of nitrogens with zero attached hydrogens (tertiary/aromatic N) is 1. The predicted octanol–water partition coefficient (Wildman–Crippen LogP) is 0.753. The van der Waals surface area contributed by atoms with Gasteiger partial charge in [-0.05, 0) is 37.6 Å². The van der Waals surface area contributed by atoms with E-state index < -0.39 is 11.5 Å². The van der Waals surface area contributed by atoms with Crippen molar-refractivity contribution >= 4 is 10.9 Å². The first-order valence-corrected chi connectivity index (χ1v) is 6.31. The fourth-order valence-electron chi connectivity index (χ4n) is 2.59. The number of hydrogen-bond acceptors (Lipinski definition) is 3. The molecule has 1 aromatic heterocycles. The van der Waals surface area contributed by atoms with E-state index in [-0.39, 0.29) is 17.1 Å². The summed E-state index contributed by atoms with van der Waals surface area (Å²) in [4.78, 5) is 27.0. The van der Waals surface area contributed by atoms with Crippen molar-refractivity contribution in [1.29, 1.82) is 0 Å². The minimum absolute atomic E-state index is 0.139. The maximum absolute atomic E-state index is 13.1. The normalized spacial score (nSPS) is 19.7. The maximum atomic E-state index is 13.1. The molecule has 100 valence electrons. The summed E-state index contributed by atoms with van der Waals surface area (Å²) in [6.07, 6.45) is 1.72. The number of fused-ring (bicyclic) bond motifs is 1. The molecule has 0 amide bonds. The van der Waals surface area contributed by atoms with Gasteiger partial charge in [0.1, 0.15) is 5.82 Å². The molecular weight excluding hydrogens is 249 g/mol. The predicted molar refractivity (Wildman–Crippen MR) is 69.9 cm³/mol. The fourth-order valence-corrected chi connectivity index (χ4v) is 2.59. The van der Waals surface area contributed by atoms with Crippen LogP contribution < -0.4 is 16.6 Å². The molecule has 3 rings (SSSR count). The Hall–Kier alpha value is -1.95. The molecule has 6 heteroatoms. The second-order valence-corrected chi connectivity index (χ2v) is 4.80. The van der Waals surface area contributed by atoms with Gasteiger partial charge in [0.15, 0.2) is 0 Å². The minimum atomic E-state index is -0.475. The summed E-state index contributed by atoms with van der Waals surface area (Å²) in [7, 11) is 0. The van der Waals surface area contributed by atoms with Gasteiger partial charge in [-0.2, -0.15) is 0 Å². The van der Waals surface area contributed by atoms with Crippen LogP contribution in [0.3, 0.4) is 0 Å². The molecule has 0 saturated carbocycles. The summed E-state index contributed by atoms with van der Waals surface area (Å²) in [5, 5.41) is 3.51. The summed E-state index contributed by atoms with van der Waals surface area (Å²) < 4.78 is 14.4. The molecule has 0 aliphatic carbocycles. The number of piperidine rings is 1. The van der Waals surface area contributed by atoms with Gasteiger partial charge in [0, 0.05) is 6.54 Å². The van der Waals surface area contributed by atoms with Crippen molar-refractivity contribution in [2.24, 2.45) is 0 Å². The Kier molecular flexibility index (Phi) is 2.94. The number of nitrogens with one attached hydrogen (secondary N) is 2. The SMILES string of the molecule is O=c1[nH]c2cc(F)ccc2c(=O)n1C1CCCNC1. The van der Waals surface area contributed by atoms with Gasteiger partial charge >= 0.3 is 5.69 Å². The molecule has 1 fully saturated rings. The van der Waals surface area contributed by atoms with Crippen LogP contribution in [0.25, 0.3) is 10.9 Å². The number of rotatable bonds is 1. The lowest BCUT2D eigenvalue weighted by Gasteiger charge is -2.24. The Bertz CT molecular complexity index is 729. The molecule has 2 N–H and O–H groups in total. The van der Waals surface area contributed by atoms with Crippen molar-refractivity contribution in [1.82, 2.24) is 14.9 Å². The highest BCUT2D eigenvalue weighted by Gasteiger charge is 2.19. The third-order valence-electron chi connectivity index (χ3n) is 3.53. The second kappa shape index (κ2) is 4.62. The Morgan fingerprint density at radius 2 is 2.16 bits per heavy atom. The fraction of sp³-hybridized carbons (Fsp3) is 0.385. The molecule has 0 radical (unpaired) electrons. The molecule has 19 heavy (non-hydrogen) atoms. The highest BCUT2D eigenvalue weighted by atomic mass is 19.1. The molecule has 1 aromatic carbocycles. The maximum Gasteiger partial charge on any atom is 0.329 e. The minimum Gasteiger partial charge on any atom is -0.315 e. The van der Waals surface area contributed by atoms with Crippen molar-refractivity contribution in [3.8, 4) is 0 Å². The largest absolute Gasteiger partial charge is 0.329 e. The molecule has 2 aromatic rings. The summed E-state index contributed by atoms with van der Waals surface area (Å²) in [5.74, 6) is -0.473. The van der Waals surface area contributed by atoms with Crippen LogP contribution in [0.5, 0.6) is 0 Å². The van der Waals surface area contributed by atoms with Gasteiger partial charge in [0.05, 0.1) is 16.9 Å². The number of aromatic amines is 1. The standard InChI is InChI=1S/C13H14FN3O2/c14-8-3-4-10-11(6-8)16-13(19)17(12(10)18)9-2-1-5-15-7-9/h3-4,6,9,15H,1-2,5,7H2,(H,16,19). The van der Waals surface area contributed by atoms with Crippen LogP contribution in [0.2, 0.25) is 0 Å². The molecule has 2 heterocycles. The van der Waals surface area contributed by atoms with Crippen LogP contribution in [0.15, 0.2) is 27.8 Å². The molecular formula is C13H14FN3O2. The summed E-state index contributed by atoms with van der Waals surface area (Å²) in [5.41, 5.74) is -0.584. The second-order valence-electron chi connectivity index (χ2n) is 4.80. The van der Waals surface area contributed by atoms with Crippen LogP contribution in [0.4, 0.5) is 4.39 Å². The van der Waals surface area contributed by atoms with Crippen molar-refractivity contribution in [3.05, 3.63) is 44.9 Å². The number of halogens is 1. The first-order chi connectivity index (χ1) is 9.16. The zero-order valence-corrected chi connectivity index (χ0v) is 10.3. The number of hydrogen-bond donors (Lipinski definition) is 2. The quantitative estimate of drug-likeness (QED) is 0.798. The molecule has 1 unspecified atom stereocenters. The summed E-state index contributed by atoms with van der Waals surface area (Å²) in [6, 6.07) is 3.67. The number of benzene rings is 1. The summed E-state index contributed by atoms with van der Waals surface area (Å²) in [6.45, 7) is 1.51. The molecule has 0 bridgehead atoms. The van der Waals surface area contributed by atoms with Crippen molar-refractivity contribution in [2.75, 3.05) is 13.1 Å². The van der Waals surface area contributed by atoms with Gasteiger partial charge in [-0.15, -0.1) is 0 Å². The molecule has 0 spiro atoms. The Balaban J connectivity index is 2.22. The van der Waals surface area contributed by atoms with E-state index in [0.29, 0.717) is 11.9 Å².